The number of hydrogen-bond donors (Lipinski definition) is 1. The molecule has 3 heteroatoms. The zero-order valence-electron chi connectivity index (χ0n) is 7.95. The Bertz CT molecular complexity index is 207. The lowest BCUT2D eigenvalue weighted by atomic mass is 9.85. The summed E-state index contributed by atoms with van der Waals surface area (Å²) in [5.74, 6) is 0.325. The Hall–Kier alpha value is -0.590. The normalized spacial score (nSPS) is 36.6. The molecule has 0 radical (unpaired) electrons. The van der Waals surface area contributed by atoms with Gasteiger partial charge in [-0.2, -0.15) is 5.26 Å². The van der Waals surface area contributed by atoms with Crippen LogP contribution in [0.5, 0.6) is 0 Å². The number of likely N-dealkylation sites (tertiary alicyclic amines) is 1. The van der Waals surface area contributed by atoms with Crippen LogP contribution >= 0.6 is 0 Å². The minimum atomic E-state index is 0.325. The Labute approximate surface area is 79.5 Å². The Morgan fingerprint density at radius 1 is 1.15 bits per heavy atom. The number of nitrogens with two attached hydrogens (primary N) is 1. The molecule has 13 heavy (non-hydrogen) atoms. The highest BCUT2D eigenvalue weighted by Gasteiger charge is 2.32. The second-order valence-corrected chi connectivity index (χ2v) is 4.35. The van der Waals surface area contributed by atoms with Gasteiger partial charge in [0.2, 0.25) is 0 Å². The van der Waals surface area contributed by atoms with Crippen molar-refractivity contribution in [1.82, 2.24) is 4.90 Å². The standard InChI is InChI=1S/C10H17N3/c11-5-8-1-3-10(4-2-8)13-6-9(12)7-13/h8-10H,1-4,6-7,12H2. The minimum absolute atomic E-state index is 0.325. The summed E-state index contributed by atoms with van der Waals surface area (Å²) in [4.78, 5) is 2.47. The van der Waals surface area contributed by atoms with E-state index in [1.165, 1.54) is 12.8 Å². The first-order valence-corrected chi connectivity index (χ1v) is 5.19. The number of rotatable bonds is 1. The van der Waals surface area contributed by atoms with Gasteiger partial charge in [-0.3, -0.25) is 4.90 Å². The zero-order valence-corrected chi connectivity index (χ0v) is 7.95. The highest BCUT2D eigenvalue weighted by Crippen LogP contribution is 2.29. The van der Waals surface area contributed by atoms with E-state index in [2.05, 4.69) is 11.0 Å². The highest BCUT2D eigenvalue weighted by molar-refractivity contribution is 4.94. The lowest BCUT2D eigenvalue weighted by Gasteiger charge is -2.44. The summed E-state index contributed by atoms with van der Waals surface area (Å²) in [5.41, 5.74) is 5.74. The fraction of sp³-hybridized carbons (Fsp3) is 0.900. The van der Waals surface area contributed by atoms with Gasteiger partial charge >= 0.3 is 0 Å². The van der Waals surface area contributed by atoms with Crippen LogP contribution in [0.15, 0.2) is 0 Å². The lowest BCUT2D eigenvalue weighted by molar-refractivity contribution is 0.0662. The summed E-state index contributed by atoms with van der Waals surface area (Å²) in [7, 11) is 0. The van der Waals surface area contributed by atoms with Gasteiger partial charge < -0.3 is 5.73 Å². The largest absolute Gasteiger partial charge is 0.325 e. The van der Waals surface area contributed by atoms with Crippen LogP contribution in [0.4, 0.5) is 0 Å². The third-order valence-electron chi connectivity index (χ3n) is 3.33. The molecule has 0 atom stereocenters. The molecule has 0 aromatic rings. The molecular weight excluding hydrogens is 162 g/mol. The van der Waals surface area contributed by atoms with Crippen LogP contribution in [-0.2, 0) is 0 Å². The molecule has 1 saturated carbocycles. The minimum Gasteiger partial charge on any atom is -0.325 e. The molecule has 0 spiro atoms. The molecule has 0 bridgehead atoms. The van der Waals surface area contributed by atoms with Crippen LogP contribution in [0.25, 0.3) is 0 Å². The van der Waals surface area contributed by atoms with E-state index in [0.29, 0.717) is 12.0 Å². The van der Waals surface area contributed by atoms with Crippen molar-refractivity contribution in [3.63, 3.8) is 0 Å². The van der Waals surface area contributed by atoms with E-state index in [0.717, 1.165) is 32.0 Å². The SMILES string of the molecule is N#CC1CCC(N2CC(N)C2)CC1. The second kappa shape index (κ2) is 3.65. The van der Waals surface area contributed by atoms with Gasteiger partial charge in [0.25, 0.3) is 0 Å². The molecule has 1 aliphatic carbocycles. The van der Waals surface area contributed by atoms with Crippen LogP contribution in [-0.4, -0.2) is 30.1 Å². The monoisotopic (exact) mass is 179 g/mol. The molecule has 0 unspecified atom stereocenters. The summed E-state index contributed by atoms with van der Waals surface area (Å²) in [6.07, 6.45) is 4.58. The summed E-state index contributed by atoms with van der Waals surface area (Å²) in [5, 5.41) is 8.75. The Balaban J connectivity index is 1.76. The van der Waals surface area contributed by atoms with E-state index >= 15 is 0 Å². The quantitative estimate of drug-likeness (QED) is 0.645. The zero-order chi connectivity index (χ0) is 9.26. The predicted octanol–water partition coefficient (Wildman–Crippen LogP) is 0.712. The fourth-order valence-corrected chi connectivity index (χ4v) is 2.42. The molecular formula is C10H17N3. The van der Waals surface area contributed by atoms with Crippen molar-refractivity contribution < 1.29 is 0 Å². The third-order valence-corrected chi connectivity index (χ3v) is 3.33. The van der Waals surface area contributed by atoms with E-state index in [9.17, 15) is 0 Å². The maximum Gasteiger partial charge on any atom is 0.0655 e. The van der Waals surface area contributed by atoms with Gasteiger partial charge in [-0.15, -0.1) is 0 Å². The van der Waals surface area contributed by atoms with Crippen LogP contribution in [0.2, 0.25) is 0 Å². The molecule has 2 fully saturated rings. The fourth-order valence-electron chi connectivity index (χ4n) is 2.42. The first kappa shape index (κ1) is 8.98. The molecule has 3 nitrogen and oxygen atoms in total. The highest BCUT2D eigenvalue weighted by atomic mass is 15.2. The third kappa shape index (κ3) is 1.84. The van der Waals surface area contributed by atoms with Crippen molar-refractivity contribution in [2.24, 2.45) is 11.7 Å². The summed E-state index contributed by atoms with van der Waals surface area (Å²) in [6, 6.07) is 3.50. The molecule has 2 aliphatic rings. The van der Waals surface area contributed by atoms with Gasteiger partial charge in [0.15, 0.2) is 0 Å². The Morgan fingerprint density at radius 3 is 2.23 bits per heavy atom. The van der Waals surface area contributed by atoms with Crippen LogP contribution in [0.3, 0.4) is 0 Å². The molecule has 0 aromatic heterocycles. The second-order valence-electron chi connectivity index (χ2n) is 4.35. The topological polar surface area (TPSA) is 53.0 Å². The molecule has 1 aliphatic heterocycles. The number of nitrogens with zero attached hydrogens (tertiary/aromatic N) is 2. The molecule has 1 saturated heterocycles. The van der Waals surface area contributed by atoms with Crippen molar-refractivity contribution >= 4 is 0 Å². The van der Waals surface area contributed by atoms with Gasteiger partial charge in [-0.1, -0.05) is 0 Å². The smallest absolute Gasteiger partial charge is 0.0655 e. The maximum absolute atomic E-state index is 8.75. The summed E-state index contributed by atoms with van der Waals surface area (Å²) < 4.78 is 0. The van der Waals surface area contributed by atoms with E-state index in [4.69, 9.17) is 11.0 Å². The van der Waals surface area contributed by atoms with E-state index in [1.807, 2.05) is 0 Å². The first-order valence-electron chi connectivity index (χ1n) is 5.19. The number of hydrogen-bond acceptors (Lipinski definition) is 3. The Morgan fingerprint density at radius 2 is 1.77 bits per heavy atom. The number of nitriles is 1. The Kier molecular flexibility index (Phi) is 2.52. The van der Waals surface area contributed by atoms with E-state index in [1.54, 1.807) is 0 Å². The van der Waals surface area contributed by atoms with Gasteiger partial charge in [0.05, 0.1) is 6.07 Å². The van der Waals surface area contributed by atoms with Crippen molar-refractivity contribution in [3.05, 3.63) is 0 Å². The van der Waals surface area contributed by atoms with Crippen LogP contribution in [0, 0.1) is 17.2 Å². The first-order chi connectivity index (χ1) is 6.29. The van der Waals surface area contributed by atoms with Gasteiger partial charge in [-0.25, -0.2) is 0 Å². The summed E-state index contributed by atoms with van der Waals surface area (Å²) >= 11 is 0. The van der Waals surface area contributed by atoms with Crippen molar-refractivity contribution in [2.45, 2.75) is 37.8 Å². The maximum atomic E-state index is 8.75. The van der Waals surface area contributed by atoms with E-state index < -0.39 is 0 Å². The van der Waals surface area contributed by atoms with Gasteiger partial charge in [0, 0.05) is 31.1 Å². The van der Waals surface area contributed by atoms with Crippen LogP contribution in [0.1, 0.15) is 25.7 Å². The predicted molar refractivity (Wildman–Crippen MR) is 50.9 cm³/mol. The van der Waals surface area contributed by atoms with Crippen molar-refractivity contribution in [3.8, 4) is 6.07 Å². The van der Waals surface area contributed by atoms with E-state index in [-0.39, 0.29) is 0 Å². The van der Waals surface area contributed by atoms with Gasteiger partial charge in [-0.05, 0) is 25.7 Å². The van der Waals surface area contributed by atoms with Crippen molar-refractivity contribution in [1.29, 1.82) is 5.26 Å². The molecule has 1 heterocycles. The summed E-state index contributed by atoms with van der Waals surface area (Å²) in [6.45, 7) is 2.14. The molecule has 2 N–H and O–H groups in total. The lowest BCUT2D eigenvalue weighted by Crippen LogP contribution is -2.59. The molecule has 72 valence electrons. The van der Waals surface area contributed by atoms with Gasteiger partial charge in [0.1, 0.15) is 0 Å². The van der Waals surface area contributed by atoms with Crippen molar-refractivity contribution in [2.75, 3.05) is 13.1 Å². The molecule has 2 rings (SSSR count). The average molecular weight is 179 g/mol. The molecule has 0 aromatic carbocycles. The average Bonchev–Trinajstić information content (AvgIpc) is 2.13. The van der Waals surface area contributed by atoms with Crippen LogP contribution < -0.4 is 5.73 Å². The molecule has 0 amide bonds.